The second-order valence-electron chi connectivity index (χ2n) is 4.98. The Kier molecular flexibility index (Phi) is 3.56. The predicted molar refractivity (Wildman–Crippen MR) is 63.1 cm³/mol. The van der Waals surface area contributed by atoms with Crippen LogP contribution >= 0.6 is 0 Å². The molecule has 2 aliphatic rings. The maximum atomic E-state index is 11.5. The standard InChI is InChI=1S/C11H21NO3S/c1-2-16(14,15)6-5-12-9-3-4-10(12)8-11(13)7-9/h9-11,13H,2-8H2,1H3. The van der Waals surface area contributed by atoms with E-state index < -0.39 is 9.84 Å². The van der Waals surface area contributed by atoms with Crippen LogP contribution in [0.25, 0.3) is 0 Å². The Balaban J connectivity index is 1.92. The quantitative estimate of drug-likeness (QED) is 0.781. The van der Waals surface area contributed by atoms with E-state index in [4.69, 9.17) is 0 Å². The molecule has 2 rings (SSSR count). The first kappa shape index (κ1) is 12.3. The van der Waals surface area contributed by atoms with E-state index in [2.05, 4.69) is 4.90 Å². The fourth-order valence-corrected chi connectivity index (χ4v) is 3.78. The summed E-state index contributed by atoms with van der Waals surface area (Å²) < 4.78 is 22.9. The molecule has 4 nitrogen and oxygen atoms in total. The molecule has 0 spiro atoms. The van der Waals surface area contributed by atoms with Crippen molar-refractivity contribution in [3.63, 3.8) is 0 Å². The molecular formula is C11H21NO3S. The van der Waals surface area contributed by atoms with E-state index in [9.17, 15) is 13.5 Å². The van der Waals surface area contributed by atoms with Crippen LogP contribution in [0.2, 0.25) is 0 Å². The Morgan fingerprint density at radius 3 is 2.31 bits per heavy atom. The van der Waals surface area contributed by atoms with E-state index in [0.29, 0.717) is 18.6 Å². The van der Waals surface area contributed by atoms with Gasteiger partial charge in [0.05, 0.1) is 11.9 Å². The highest BCUT2D eigenvalue weighted by molar-refractivity contribution is 7.91. The average molecular weight is 247 g/mol. The van der Waals surface area contributed by atoms with Crippen molar-refractivity contribution in [2.24, 2.45) is 0 Å². The summed E-state index contributed by atoms with van der Waals surface area (Å²) in [4.78, 5) is 2.31. The lowest BCUT2D eigenvalue weighted by Crippen LogP contribution is -2.46. The molecular weight excluding hydrogens is 226 g/mol. The number of hydrogen-bond donors (Lipinski definition) is 1. The minimum absolute atomic E-state index is 0.170. The highest BCUT2D eigenvalue weighted by atomic mass is 32.2. The molecule has 0 aliphatic carbocycles. The lowest BCUT2D eigenvalue weighted by molar-refractivity contribution is 0.0391. The van der Waals surface area contributed by atoms with Gasteiger partial charge >= 0.3 is 0 Å². The van der Waals surface area contributed by atoms with Crippen molar-refractivity contribution in [3.05, 3.63) is 0 Å². The summed E-state index contributed by atoms with van der Waals surface area (Å²) in [6.45, 7) is 2.35. The number of rotatable bonds is 4. The highest BCUT2D eigenvalue weighted by Crippen LogP contribution is 2.35. The summed E-state index contributed by atoms with van der Waals surface area (Å²) in [6, 6.07) is 0.835. The molecule has 0 aromatic rings. The third-order valence-corrected chi connectivity index (χ3v) is 5.64. The molecule has 5 heteroatoms. The van der Waals surface area contributed by atoms with Crippen molar-refractivity contribution in [1.29, 1.82) is 0 Å². The zero-order valence-electron chi connectivity index (χ0n) is 9.80. The molecule has 0 amide bonds. The molecule has 2 aliphatic heterocycles. The van der Waals surface area contributed by atoms with Crippen molar-refractivity contribution in [1.82, 2.24) is 4.90 Å². The number of sulfone groups is 1. The Bertz CT molecular complexity index is 327. The first-order valence-electron chi connectivity index (χ1n) is 6.16. The SMILES string of the molecule is CCS(=O)(=O)CCN1C2CCC1CC(O)C2. The third kappa shape index (κ3) is 2.57. The largest absolute Gasteiger partial charge is 0.393 e. The van der Waals surface area contributed by atoms with Crippen LogP contribution in [0, 0.1) is 0 Å². The van der Waals surface area contributed by atoms with E-state index in [0.717, 1.165) is 25.7 Å². The lowest BCUT2D eigenvalue weighted by atomic mass is 10.0. The molecule has 2 unspecified atom stereocenters. The zero-order chi connectivity index (χ0) is 11.8. The van der Waals surface area contributed by atoms with Crippen molar-refractivity contribution < 1.29 is 13.5 Å². The number of aliphatic hydroxyl groups excluding tert-OH is 1. The number of hydrogen-bond acceptors (Lipinski definition) is 4. The van der Waals surface area contributed by atoms with Crippen LogP contribution < -0.4 is 0 Å². The van der Waals surface area contributed by atoms with Crippen LogP contribution in [0.4, 0.5) is 0 Å². The highest BCUT2D eigenvalue weighted by Gasteiger charge is 2.39. The maximum absolute atomic E-state index is 11.5. The Morgan fingerprint density at radius 2 is 1.81 bits per heavy atom. The average Bonchev–Trinajstić information content (AvgIpc) is 2.47. The fourth-order valence-electron chi connectivity index (χ4n) is 3.00. The van der Waals surface area contributed by atoms with Crippen LogP contribution in [0.5, 0.6) is 0 Å². The molecule has 0 aromatic heterocycles. The number of fused-ring (bicyclic) bond motifs is 2. The second kappa shape index (κ2) is 4.63. The van der Waals surface area contributed by atoms with Crippen LogP contribution in [0.3, 0.4) is 0 Å². The molecule has 2 atom stereocenters. The lowest BCUT2D eigenvalue weighted by Gasteiger charge is -2.36. The van der Waals surface area contributed by atoms with E-state index in [-0.39, 0.29) is 17.6 Å². The van der Waals surface area contributed by atoms with E-state index >= 15 is 0 Å². The van der Waals surface area contributed by atoms with Gasteiger partial charge in [0, 0.05) is 24.4 Å². The molecule has 2 fully saturated rings. The first-order chi connectivity index (χ1) is 7.52. The van der Waals surface area contributed by atoms with E-state index in [1.165, 1.54) is 0 Å². The van der Waals surface area contributed by atoms with Gasteiger partial charge in [-0.25, -0.2) is 8.42 Å². The Labute approximate surface area is 97.6 Å². The van der Waals surface area contributed by atoms with Gasteiger partial charge in [0.15, 0.2) is 9.84 Å². The first-order valence-corrected chi connectivity index (χ1v) is 7.98. The number of aliphatic hydroxyl groups is 1. The molecule has 1 N–H and O–H groups in total. The van der Waals surface area contributed by atoms with Gasteiger partial charge in [-0.15, -0.1) is 0 Å². The van der Waals surface area contributed by atoms with E-state index in [1.807, 2.05) is 0 Å². The van der Waals surface area contributed by atoms with Gasteiger partial charge in [0.2, 0.25) is 0 Å². The van der Waals surface area contributed by atoms with Gasteiger partial charge in [0.25, 0.3) is 0 Å². The molecule has 0 radical (unpaired) electrons. The van der Waals surface area contributed by atoms with Crippen molar-refractivity contribution in [2.45, 2.75) is 50.8 Å². The van der Waals surface area contributed by atoms with Crippen LogP contribution in [-0.4, -0.2) is 54.7 Å². The second-order valence-corrected chi connectivity index (χ2v) is 7.46. The number of piperidine rings is 1. The summed E-state index contributed by atoms with van der Waals surface area (Å²) >= 11 is 0. The fraction of sp³-hybridized carbons (Fsp3) is 1.00. The topological polar surface area (TPSA) is 57.6 Å². The van der Waals surface area contributed by atoms with Crippen LogP contribution in [0.15, 0.2) is 0 Å². The minimum Gasteiger partial charge on any atom is -0.393 e. The third-order valence-electron chi connectivity index (χ3n) is 3.96. The summed E-state index contributed by atoms with van der Waals surface area (Å²) in [5.74, 6) is 0.505. The van der Waals surface area contributed by atoms with Crippen molar-refractivity contribution >= 4 is 9.84 Å². The molecule has 0 aromatic carbocycles. The van der Waals surface area contributed by atoms with Gasteiger partial charge in [-0.1, -0.05) is 6.92 Å². The summed E-state index contributed by atoms with van der Waals surface area (Å²) in [5.41, 5.74) is 0. The minimum atomic E-state index is -2.86. The molecule has 0 saturated carbocycles. The molecule has 2 bridgehead atoms. The van der Waals surface area contributed by atoms with Crippen LogP contribution in [-0.2, 0) is 9.84 Å². The molecule has 94 valence electrons. The van der Waals surface area contributed by atoms with Gasteiger partial charge in [-0.3, -0.25) is 4.90 Å². The summed E-state index contributed by atoms with van der Waals surface area (Å²) in [6.07, 6.45) is 3.71. The number of nitrogens with zero attached hydrogens (tertiary/aromatic N) is 1. The Hall–Kier alpha value is -0.130. The van der Waals surface area contributed by atoms with Gasteiger partial charge in [-0.05, 0) is 25.7 Å². The normalized spacial score (nSPS) is 35.5. The maximum Gasteiger partial charge on any atom is 0.151 e. The molecule has 16 heavy (non-hydrogen) atoms. The van der Waals surface area contributed by atoms with Crippen molar-refractivity contribution in [2.75, 3.05) is 18.1 Å². The van der Waals surface area contributed by atoms with Gasteiger partial charge in [-0.2, -0.15) is 0 Å². The molecule has 2 heterocycles. The van der Waals surface area contributed by atoms with Crippen molar-refractivity contribution in [3.8, 4) is 0 Å². The predicted octanol–water partition coefficient (Wildman–Crippen LogP) is 0.409. The van der Waals surface area contributed by atoms with Crippen LogP contribution in [0.1, 0.15) is 32.6 Å². The van der Waals surface area contributed by atoms with Gasteiger partial charge < -0.3 is 5.11 Å². The zero-order valence-corrected chi connectivity index (χ0v) is 10.6. The monoisotopic (exact) mass is 247 g/mol. The Morgan fingerprint density at radius 1 is 1.25 bits per heavy atom. The van der Waals surface area contributed by atoms with Gasteiger partial charge in [0.1, 0.15) is 0 Å². The summed E-state index contributed by atoms with van der Waals surface area (Å²) in [7, 11) is -2.86. The smallest absolute Gasteiger partial charge is 0.151 e. The van der Waals surface area contributed by atoms with E-state index in [1.54, 1.807) is 6.92 Å². The molecule has 2 saturated heterocycles. The summed E-state index contributed by atoms with van der Waals surface area (Å²) in [5, 5.41) is 9.64.